The Morgan fingerprint density at radius 3 is 2.77 bits per heavy atom. The quantitative estimate of drug-likeness (QED) is 0.384. The van der Waals surface area contributed by atoms with Crippen molar-refractivity contribution in [3.63, 3.8) is 0 Å². The molecule has 1 atom stereocenters. The fourth-order valence-electron chi connectivity index (χ4n) is 3.71. The van der Waals surface area contributed by atoms with Crippen LogP contribution in [0, 0.1) is 10.7 Å². The summed E-state index contributed by atoms with van der Waals surface area (Å²) in [6.45, 7) is 4.06. The Hall–Kier alpha value is -2.94. The number of hydrogen-bond acceptors (Lipinski definition) is 4. The summed E-state index contributed by atoms with van der Waals surface area (Å²) in [5.41, 5.74) is 2.00. The summed E-state index contributed by atoms with van der Waals surface area (Å²) in [6.07, 6.45) is 5.12. The molecule has 8 nitrogen and oxygen atoms in total. The molecular weight excluding hydrogens is 412 g/mol. The number of H-pyrrole nitrogens is 2. The van der Waals surface area contributed by atoms with Crippen molar-refractivity contribution in [2.24, 2.45) is 5.92 Å². The molecule has 0 bridgehead atoms. The van der Waals surface area contributed by atoms with Gasteiger partial charge in [-0.3, -0.25) is 14.7 Å². The lowest BCUT2D eigenvalue weighted by Gasteiger charge is -2.19. The molecular formula is C22H28N6O2S. The monoisotopic (exact) mass is 440 g/mol. The molecule has 1 aliphatic carbocycles. The molecule has 9 heteroatoms. The Labute approximate surface area is 185 Å². The number of benzene rings is 1. The molecule has 0 saturated heterocycles. The minimum atomic E-state index is -0.654. The van der Waals surface area contributed by atoms with Gasteiger partial charge in [-0.05, 0) is 36.7 Å². The van der Waals surface area contributed by atoms with Gasteiger partial charge in [-0.15, -0.1) is 0 Å². The highest BCUT2D eigenvalue weighted by Crippen LogP contribution is 2.35. The summed E-state index contributed by atoms with van der Waals surface area (Å²) in [7, 11) is 0. The van der Waals surface area contributed by atoms with E-state index < -0.39 is 6.04 Å². The zero-order valence-corrected chi connectivity index (χ0v) is 18.6. The van der Waals surface area contributed by atoms with Crippen LogP contribution in [0.25, 0.3) is 10.9 Å². The number of hydrogen-bond donors (Lipinski definition) is 4. The van der Waals surface area contributed by atoms with E-state index >= 15 is 0 Å². The summed E-state index contributed by atoms with van der Waals surface area (Å²) in [5.74, 6) is 0.304. The lowest BCUT2D eigenvalue weighted by Crippen LogP contribution is -2.49. The number of amides is 2. The molecule has 1 saturated carbocycles. The van der Waals surface area contributed by atoms with Crippen molar-refractivity contribution in [2.45, 2.75) is 51.6 Å². The topological polar surface area (TPSA) is 108 Å². The molecule has 164 valence electrons. The standard InChI is InChI=1S/C22H28N6O2S/c1-13(2)20(29)25-18(11-14-12-24-17-6-4-3-5-16(14)17)21(30)23-10-9-19-26-27-22(31)28(19)15-7-8-15/h3-6,12-13,15,18,24H,7-11H2,1-2H3,(H,23,30)(H,25,29)(H,27,31). The van der Waals surface area contributed by atoms with Gasteiger partial charge in [0.25, 0.3) is 0 Å². The van der Waals surface area contributed by atoms with E-state index in [2.05, 4.69) is 25.8 Å². The van der Waals surface area contributed by atoms with E-state index in [9.17, 15) is 9.59 Å². The third-order valence-corrected chi connectivity index (χ3v) is 5.88. The van der Waals surface area contributed by atoms with E-state index in [1.165, 1.54) is 0 Å². The van der Waals surface area contributed by atoms with E-state index in [0.29, 0.717) is 30.2 Å². The van der Waals surface area contributed by atoms with Crippen LogP contribution in [0.2, 0.25) is 0 Å². The number of carbonyl (C=O) groups excluding carboxylic acids is 2. The van der Waals surface area contributed by atoms with Gasteiger partial charge in [0.2, 0.25) is 11.8 Å². The highest BCUT2D eigenvalue weighted by Gasteiger charge is 2.27. The first kappa shape index (κ1) is 21.3. The fourth-order valence-corrected chi connectivity index (χ4v) is 4.01. The number of carbonyl (C=O) groups is 2. The van der Waals surface area contributed by atoms with Crippen molar-refractivity contribution >= 4 is 34.9 Å². The molecule has 4 N–H and O–H groups in total. The third kappa shape index (κ3) is 4.87. The SMILES string of the molecule is CC(C)C(=O)NC(Cc1c[nH]c2ccccc12)C(=O)NCCc1n[nH]c(=S)n1C1CC1. The van der Waals surface area contributed by atoms with Crippen LogP contribution < -0.4 is 10.6 Å². The second-order valence-electron chi connectivity index (χ2n) is 8.37. The number of rotatable bonds is 9. The Morgan fingerprint density at radius 1 is 1.26 bits per heavy atom. The highest BCUT2D eigenvalue weighted by molar-refractivity contribution is 7.71. The average Bonchev–Trinajstić information content (AvgIpc) is 3.40. The molecule has 0 aliphatic heterocycles. The Balaban J connectivity index is 1.43. The average molecular weight is 441 g/mol. The van der Waals surface area contributed by atoms with E-state index in [0.717, 1.165) is 35.1 Å². The van der Waals surface area contributed by atoms with Crippen LogP contribution in [-0.4, -0.2) is 44.1 Å². The molecule has 2 heterocycles. The highest BCUT2D eigenvalue weighted by atomic mass is 32.1. The molecule has 31 heavy (non-hydrogen) atoms. The van der Waals surface area contributed by atoms with Gasteiger partial charge in [0, 0.05) is 48.4 Å². The van der Waals surface area contributed by atoms with Gasteiger partial charge in [0.1, 0.15) is 11.9 Å². The number of aromatic nitrogens is 4. The first-order valence-electron chi connectivity index (χ1n) is 10.7. The zero-order valence-electron chi connectivity index (χ0n) is 17.8. The van der Waals surface area contributed by atoms with Crippen molar-refractivity contribution in [3.05, 3.63) is 46.6 Å². The predicted molar refractivity (Wildman–Crippen MR) is 121 cm³/mol. The van der Waals surface area contributed by atoms with Gasteiger partial charge < -0.3 is 20.2 Å². The van der Waals surface area contributed by atoms with E-state index in [-0.39, 0.29) is 17.7 Å². The van der Waals surface area contributed by atoms with Crippen molar-refractivity contribution in [1.82, 2.24) is 30.4 Å². The maximum atomic E-state index is 13.0. The van der Waals surface area contributed by atoms with Gasteiger partial charge in [0.15, 0.2) is 4.77 Å². The number of nitrogens with zero attached hydrogens (tertiary/aromatic N) is 2. The van der Waals surface area contributed by atoms with Gasteiger partial charge >= 0.3 is 0 Å². The van der Waals surface area contributed by atoms with Gasteiger partial charge in [-0.1, -0.05) is 32.0 Å². The van der Waals surface area contributed by atoms with Crippen molar-refractivity contribution in [3.8, 4) is 0 Å². The molecule has 2 aromatic heterocycles. The Morgan fingerprint density at radius 2 is 2.03 bits per heavy atom. The second-order valence-corrected chi connectivity index (χ2v) is 8.75. The molecule has 1 unspecified atom stereocenters. The summed E-state index contributed by atoms with van der Waals surface area (Å²) in [6, 6.07) is 7.71. The lowest BCUT2D eigenvalue weighted by atomic mass is 10.0. The van der Waals surface area contributed by atoms with Crippen LogP contribution in [0.5, 0.6) is 0 Å². The fraction of sp³-hybridized carbons (Fsp3) is 0.455. The van der Waals surface area contributed by atoms with Crippen LogP contribution in [0.1, 0.15) is 44.1 Å². The van der Waals surface area contributed by atoms with Crippen LogP contribution in [-0.2, 0) is 22.4 Å². The first-order chi connectivity index (χ1) is 14.9. The van der Waals surface area contributed by atoms with Crippen molar-refractivity contribution < 1.29 is 9.59 Å². The van der Waals surface area contributed by atoms with Crippen molar-refractivity contribution in [2.75, 3.05) is 6.54 Å². The summed E-state index contributed by atoms with van der Waals surface area (Å²) >= 11 is 5.31. The predicted octanol–water partition coefficient (Wildman–Crippen LogP) is 2.80. The normalized spacial score (nSPS) is 14.7. The second kappa shape index (κ2) is 9.05. The van der Waals surface area contributed by atoms with Gasteiger partial charge in [0.05, 0.1) is 0 Å². The lowest BCUT2D eigenvalue weighted by molar-refractivity contribution is -0.130. The third-order valence-electron chi connectivity index (χ3n) is 5.59. The molecule has 1 aliphatic rings. The van der Waals surface area contributed by atoms with E-state index in [1.54, 1.807) is 0 Å². The summed E-state index contributed by atoms with van der Waals surface area (Å²) < 4.78 is 2.68. The summed E-state index contributed by atoms with van der Waals surface area (Å²) in [4.78, 5) is 28.6. The molecule has 4 rings (SSSR count). The van der Waals surface area contributed by atoms with Crippen LogP contribution in [0.15, 0.2) is 30.5 Å². The zero-order chi connectivity index (χ0) is 22.0. The molecule has 1 fully saturated rings. The Kier molecular flexibility index (Phi) is 6.22. The van der Waals surface area contributed by atoms with Crippen LogP contribution in [0.3, 0.4) is 0 Å². The Bertz CT molecular complexity index is 1140. The first-order valence-corrected chi connectivity index (χ1v) is 11.1. The molecule has 3 aromatic rings. The van der Waals surface area contributed by atoms with Crippen molar-refractivity contribution in [1.29, 1.82) is 0 Å². The number of fused-ring (bicyclic) bond motifs is 1. The van der Waals surface area contributed by atoms with E-state index in [4.69, 9.17) is 12.2 Å². The van der Waals surface area contributed by atoms with Gasteiger partial charge in [-0.25, -0.2) is 0 Å². The number of aromatic amines is 2. The number of nitrogens with one attached hydrogen (secondary N) is 4. The molecule has 2 amide bonds. The number of para-hydroxylation sites is 1. The van der Waals surface area contributed by atoms with Crippen LogP contribution >= 0.6 is 12.2 Å². The molecule has 1 aromatic carbocycles. The maximum Gasteiger partial charge on any atom is 0.242 e. The van der Waals surface area contributed by atoms with Gasteiger partial charge in [-0.2, -0.15) is 5.10 Å². The van der Waals surface area contributed by atoms with Crippen LogP contribution in [0.4, 0.5) is 0 Å². The smallest absolute Gasteiger partial charge is 0.242 e. The summed E-state index contributed by atoms with van der Waals surface area (Å²) in [5, 5.41) is 14.1. The maximum absolute atomic E-state index is 13.0. The largest absolute Gasteiger partial charge is 0.361 e. The minimum absolute atomic E-state index is 0.144. The van der Waals surface area contributed by atoms with E-state index in [1.807, 2.05) is 48.9 Å². The molecule has 0 radical (unpaired) electrons. The minimum Gasteiger partial charge on any atom is -0.361 e. The molecule has 0 spiro atoms.